The highest BCUT2D eigenvalue weighted by Crippen LogP contribution is 2.36. The second-order valence-electron chi connectivity index (χ2n) is 7.62. The van der Waals surface area contributed by atoms with Crippen molar-refractivity contribution in [1.29, 1.82) is 0 Å². The Morgan fingerprint density at radius 1 is 1.32 bits per heavy atom. The Balaban J connectivity index is 1.88. The molecule has 148 valence electrons. The Labute approximate surface area is 165 Å². The molecule has 6 heteroatoms. The molecule has 3 amide bonds. The first-order valence-corrected chi connectivity index (χ1v) is 9.75. The molecule has 6 nitrogen and oxygen atoms in total. The summed E-state index contributed by atoms with van der Waals surface area (Å²) in [5.41, 5.74) is 7.56. The number of nitrogens with one attached hydrogen (secondary N) is 1. The lowest BCUT2D eigenvalue weighted by molar-refractivity contribution is -0.118. The summed E-state index contributed by atoms with van der Waals surface area (Å²) >= 11 is 0. The lowest BCUT2D eigenvalue weighted by atomic mass is 9.84. The number of nitrogens with two attached hydrogens (primary N) is 1. The van der Waals surface area contributed by atoms with Gasteiger partial charge >= 0.3 is 0 Å². The molecule has 1 aromatic carbocycles. The Bertz CT molecular complexity index is 853. The van der Waals surface area contributed by atoms with Gasteiger partial charge in [-0.1, -0.05) is 38.5 Å². The van der Waals surface area contributed by atoms with E-state index in [0.717, 1.165) is 12.8 Å². The molecule has 1 aliphatic carbocycles. The van der Waals surface area contributed by atoms with Crippen LogP contribution in [0.3, 0.4) is 0 Å². The van der Waals surface area contributed by atoms with E-state index in [1.54, 1.807) is 18.2 Å². The summed E-state index contributed by atoms with van der Waals surface area (Å²) in [6, 6.07) is 3.32. The van der Waals surface area contributed by atoms with Crippen LogP contribution in [0, 0.1) is 5.92 Å². The maximum atomic E-state index is 13.0. The van der Waals surface area contributed by atoms with E-state index in [-0.39, 0.29) is 24.4 Å². The molecule has 3 N–H and O–H groups in total. The van der Waals surface area contributed by atoms with Crippen molar-refractivity contribution in [3.8, 4) is 0 Å². The molecule has 0 bridgehead atoms. The topological polar surface area (TPSA) is 92.5 Å². The molecule has 1 fully saturated rings. The average molecular weight is 381 g/mol. The Morgan fingerprint density at radius 2 is 2.00 bits per heavy atom. The van der Waals surface area contributed by atoms with E-state index in [2.05, 4.69) is 18.5 Å². The van der Waals surface area contributed by atoms with Crippen molar-refractivity contribution in [2.45, 2.75) is 45.1 Å². The fourth-order valence-corrected chi connectivity index (χ4v) is 4.28. The maximum absolute atomic E-state index is 13.0. The van der Waals surface area contributed by atoms with Crippen molar-refractivity contribution in [3.63, 3.8) is 0 Å². The molecule has 1 unspecified atom stereocenters. The predicted octanol–water partition coefficient (Wildman–Crippen LogP) is 2.94. The number of carbonyl (C=O) groups excluding carboxylic acids is 3. The van der Waals surface area contributed by atoms with E-state index in [4.69, 9.17) is 5.73 Å². The number of amides is 3. The first-order valence-electron chi connectivity index (χ1n) is 9.75. The lowest BCUT2D eigenvalue weighted by Gasteiger charge is -2.28. The van der Waals surface area contributed by atoms with E-state index < -0.39 is 5.91 Å². The third kappa shape index (κ3) is 3.59. The Hall–Kier alpha value is -2.89. The molecule has 1 aliphatic heterocycles. The third-order valence-electron chi connectivity index (χ3n) is 5.81. The zero-order valence-electron chi connectivity index (χ0n) is 16.3. The minimum Gasteiger partial charge on any atom is -0.368 e. The second kappa shape index (κ2) is 8.00. The zero-order chi connectivity index (χ0) is 20.4. The van der Waals surface area contributed by atoms with E-state index >= 15 is 0 Å². The molecular weight excluding hydrogens is 354 g/mol. The quantitative estimate of drug-likeness (QED) is 0.793. The van der Waals surface area contributed by atoms with Gasteiger partial charge < -0.3 is 11.1 Å². The van der Waals surface area contributed by atoms with Crippen LogP contribution in [0.5, 0.6) is 0 Å². The molecule has 28 heavy (non-hydrogen) atoms. The number of nitrogens with zero attached hydrogens (tertiary/aromatic N) is 1. The molecule has 1 aromatic rings. The van der Waals surface area contributed by atoms with Gasteiger partial charge in [0.1, 0.15) is 6.54 Å². The number of hydrogen-bond acceptors (Lipinski definition) is 3. The monoisotopic (exact) mass is 381 g/mol. The number of primary amides is 1. The summed E-state index contributed by atoms with van der Waals surface area (Å²) in [5, 5.41) is 3.11. The van der Waals surface area contributed by atoms with Gasteiger partial charge in [-0.25, -0.2) is 0 Å². The van der Waals surface area contributed by atoms with Gasteiger partial charge in [0.05, 0.1) is 0 Å². The van der Waals surface area contributed by atoms with Gasteiger partial charge in [0.2, 0.25) is 5.91 Å². The first kappa shape index (κ1) is 19.9. The molecule has 1 heterocycles. The van der Waals surface area contributed by atoms with Gasteiger partial charge in [0.25, 0.3) is 11.8 Å². The van der Waals surface area contributed by atoms with Gasteiger partial charge in [0.15, 0.2) is 0 Å². The summed E-state index contributed by atoms with van der Waals surface area (Å²) in [6.07, 6.45) is 7.50. The van der Waals surface area contributed by atoms with Gasteiger partial charge in [-0.05, 0) is 43.4 Å². The van der Waals surface area contributed by atoms with Crippen LogP contribution in [-0.2, 0) is 4.79 Å². The third-order valence-corrected chi connectivity index (χ3v) is 5.81. The van der Waals surface area contributed by atoms with Gasteiger partial charge in [-0.3, -0.25) is 19.3 Å². The van der Waals surface area contributed by atoms with Gasteiger partial charge in [-0.2, -0.15) is 0 Å². The summed E-state index contributed by atoms with van der Waals surface area (Å²) in [4.78, 5) is 38.1. The van der Waals surface area contributed by atoms with Crippen LogP contribution in [0.15, 0.2) is 25.3 Å². The predicted molar refractivity (Wildman–Crippen MR) is 109 cm³/mol. The minimum atomic E-state index is -0.623. The molecule has 0 radical (unpaired) electrons. The highest BCUT2D eigenvalue weighted by molar-refractivity contribution is 6.13. The molecule has 1 saturated carbocycles. The SMILES string of the molecule is C=Cc1c(C(=O)NC(C)C2CCCCC2)ccc2c1C(=C)N(CC(N)=O)C2=O. The lowest BCUT2D eigenvalue weighted by Crippen LogP contribution is -2.39. The van der Waals surface area contributed by atoms with E-state index in [1.807, 2.05) is 6.92 Å². The largest absolute Gasteiger partial charge is 0.368 e. The van der Waals surface area contributed by atoms with Crippen molar-refractivity contribution in [1.82, 2.24) is 10.2 Å². The first-order chi connectivity index (χ1) is 13.3. The van der Waals surface area contributed by atoms with Crippen molar-refractivity contribution in [2.75, 3.05) is 6.54 Å². The number of rotatable bonds is 6. The van der Waals surface area contributed by atoms with Gasteiger partial charge in [-0.15, -0.1) is 0 Å². The fraction of sp³-hybridized carbons (Fsp3) is 0.409. The van der Waals surface area contributed by atoms with Gasteiger partial charge in [0, 0.05) is 28.4 Å². The molecular formula is C22H27N3O3. The van der Waals surface area contributed by atoms with Crippen LogP contribution in [0.1, 0.15) is 70.9 Å². The normalized spacial score (nSPS) is 18.0. The fourth-order valence-electron chi connectivity index (χ4n) is 4.28. The van der Waals surface area contributed by atoms with E-state index in [1.165, 1.54) is 24.2 Å². The van der Waals surface area contributed by atoms with Crippen molar-refractivity contribution in [3.05, 3.63) is 47.5 Å². The van der Waals surface area contributed by atoms with E-state index in [9.17, 15) is 14.4 Å². The van der Waals surface area contributed by atoms with Crippen LogP contribution >= 0.6 is 0 Å². The van der Waals surface area contributed by atoms with Crippen LogP contribution in [0.2, 0.25) is 0 Å². The number of benzene rings is 1. The number of hydrogen-bond donors (Lipinski definition) is 2. The summed E-state index contributed by atoms with van der Waals surface area (Å²) in [7, 11) is 0. The standard InChI is InChI=1S/C22H27N3O3/c1-4-16-17(21(27)24-13(2)15-8-6-5-7-9-15)10-11-18-20(16)14(3)25(22(18)28)12-19(23)26/h4,10-11,13,15H,1,3,5-9,12H2,2H3,(H2,23,26)(H,24,27). The van der Waals surface area contributed by atoms with Crippen LogP contribution < -0.4 is 11.1 Å². The highest BCUT2D eigenvalue weighted by Gasteiger charge is 2.35. The number of carbonyl (C=O) groups is 3. The molecule has 0 spiro atoms. The van der Waals surface area contributed by atoms with Crippen molar-refractivity contribution < 1.29 is 14.4 Å². The van der Waals surface area contributed by atoms with Crippen LogP contribution in [0.4, 0.5) is 0 Å². The molecule has 3 rings (SSSR count). The maximum Gasteiger partial charge on any atom is 0.259 e. The van der Waals surface area contributed by atoms with Crippen LogP contribution in [0.25, 0.3) is 11.8 Å². The molecule has 1 atom stereocenters. The average Bonchev–Trinajstić information content (AvgIpc) is 2.92. The minimum absolute atomic E-state index is 0.0786. The number of fused-ring (bicyclic) bond motifs is 1. The van der Waals surface area contributed by atoms with Crippen LogP contribution in [-0.4, -0.2) is 35.2 Å². The molecule has 2 aliphatic rings. The Kier molecular flexibility index (Phi) is 5.68. The zero-order valence-corrected chi connectivity index (χ0v) is 16.3. The highest BCUT2D eigenvalue weighted by atomic mass is 16.2. The molecule has 0 aromatic heterocycles. The van der Waals surface area contributed by atoms with Crippen molar-refractivity contribution >= 4 is 29.5 Å². The van der Waals surface area contributed by atoms with Crippen molar-refractivity contribution in [2.24, 2.45) is 11.7 Å². The summed E-state index contributed by atoms with van der Waals surface area (Å²) in [5.74, 6) is -0.669. The Morgan fingerprint density at radius 3 is 2.61 bits per heavy atom. The smallest absolute Gasteiger partial charge is 0.259 e. The molecule has 0 saturated heterocycles. The second-order valence-corrected chi connectivity index (χ2v) is 7.62. The summed E-state index contributed by atoms with van der Waals surface area (Å²) < 4.78 is 0. The van der Waals surface area contributed by atoms with E-state index in [0.29, 0.717) is 33.9 Å². The summed E-state index contributed by atoms with van der Waals surface area (Å²) in [6.45, 7) is 9.57.